The Morgan fingerprint density at radius 2 is 2.06 bits per heavy atom. The molecule has 1 aromatic carbocycles. The Morgan fingerprint density at radius 3 is 2.62 bits per heavy atom. The van der Waals surface area contributed by atoms with Crippen molar-refractivity contribution >= 4 is 38.9 Å². The van der Waals surface area contributed by atoms with Crippen LogP contribution in [0.1, 0.15) is 5.56 Å². The van der Waals surface area contributed by atoms with Gasteiger partial charge < -0.3 is 5.32 Å². The van der Waals surface area contributed by atoms with Gasteiger partial charge in [0, 0.05) is 16.4 Å². The molecule has 16 heavy (non-hydrogen) atoms. The van der Waals surface area contributed by atoms with Gasteiger partial charge in [-0.05, 0) is 49.0 Å². The van der Waals surface area contributed by atoms with Crippen molar-refractivity contribution in [1.82, 2.24) is 9.78 Å². The summed E-state index contributed by atoms with van der Waals surface area (Å²) in [7, 11) is 0. The minimum atomic E-state index is 0.565. The molecule has 0 spiro atoms. The average Bonchev–Trinajstić information content (AvgIpc) is 2.68. The van der Waals surface area contributed by atoms with Gasteiger partial charge in [0.05, 0.1) is 6.20 Å². The molecule has 0 radical (unpaired) electrons. The lowest BCUT2D eigenvalue weighted by molar-refractivity contribution is 0.947. The third-order valence-electron chi connectivity index (χ3n) is 2.02. The number of aromatic nitrogens is 2. The highest BCUT2D eigenvalue weighted by Gasteiger charge is 2.01. The van der Waals surface area contributed by atoms with Crippen LogP contribution < -0.4 is 5.32 Å². The molecule has 2 rings (SSSR count). The molecule has 0 atom stereocenters. The van der Waals surface area contributed by atoms with Crippen LogP contribution in [-0.4, -0.2) is 14.9 Å². The second-order valence-electron chi connectivity index (χ2n) is 3.40. The summed E-state index contributed by atoms with van der Waals surface area (Å²) in [5.41, 5.74) is 2.03. The summed E-state index contributed by atoms with van der Waals surface area (Å²) in [5.74, 6) is 0. The zero-order valence-corrected chi connectivity index (χ0v) is 11.0. The maximum atomic E-state index is 5.23. The molecule has 0 saturated heterocycles. The van der Waals surface area contributed by atoms with Gasteiger partial charge in [0.1, 0.15) is 0 Å². The largest absolute Gasteiger partial charge is 0.331 e. The van der Waals surface area contributed by atoms with Gasteiger partial charge in [0.2, 0.25) is 0 Å². The first-order valence-corrected chi connectivity index (χ1v) is 5.93. The molecule has 5 heteroatoms. The smallest absolute Gasteiger partial charge is 0.198 e. The van der Waals surface area contributed by atoms with E-state index in [0.29, 0.717) is 5.11 Å². The number of aryl methyl sites for hydroxylation is 1. The number of anilines is 1. The summed E-state index contributed by atoms with van der Waals surface area (Å²) >= 11 is 8.61. The molecule has 0 saturated carbocycles. The van der Waals surface area contributed by atoms with Crippen molar-refractivity contribution in [1.29, 1.82) is 0 Å². The Labute approximate surface area is 108 Å². The number of benzene rings is 1. The average molecular weight is 296 g/mol. The van der Waals surface area contributed by atoms with Crippen LogP contribution in [0.3, 0.4) is 0 Å². The summed E-state index contributed by atoms with van der Waals surface area (Å²) < 4.78 is 2.69. The van der Waals surface area contributed by atoms with Crippen molar-refractivity contribution in [2.75, 3.05) is 5.32 Å². The Hall–Kier alpha value is -1.20. The van der Waals surface area contributed by atoms with Crippen molar-refractivity contribution < 1.29 is 0 Å². The number of halogens is 1. The van der Waals surface area contributed by atoms with E-state index >= 15 is 0 Å². The van der Waals surface area contributed by atoms with Crippen molar-refractivity contribution in [2.45, 2.75) is 6.92 Å². The molecule has 2 aromatic rings. The van der Waals surface area contributed by atoms with Crippen LogP contribution in [0, 0.1) is 6.92 Å². The van der Waals surface area contributed by atoms with Crippen LogP contribution in [-0.2, 0) is 0 Å². The van der Waals surface area contributed by atoms with Gasteiger partial charge in [-0.25, -0.2) is 4.68 Å². The van der Waals surface area contributed by atoms with Crippen molar-refractivity contribution in [3.8, 4) is 0 Å². The lowest BCUT2D eigenvalue weighted by Crippen LogP contribution is -2.19. The molecule has 0 aliphatic heterocycles. The number of hydrogen-bond acceptors (Lipinski definition) is 2. The van der Waals surface area contributed by atoms with Gasteiger partial charge in [-0.2, -0.15) is 5.10 Å². The Bertz CT molecular complexity index is 504. The fourth-order valence-corrected chi connectivity index (χ4v) is 1.72. The van der Waals surface area contributed by atoms with E-state index in [-0.39, 0.29) is 0 Å². The molecule has 3 nitrogen and oxygen atoms in total. The number of nitrogens with zero attached hydrogens (tertiary/aromatic N) is 2. The fourth-order valence-electron chi connectivity index (χ4n) is 1.24. The molecule has 0 fully saturated rings. The van der Waals surface area contributed by atoms with Crippen molar-refractivity contribution in [2.24, 2.45) is 0 Å². The highest BCUT2D eigenvalue weighted by atomic mass is 79.9. The summed E-state index contributed by atoms with van der Waals surface area (Å²) in [4.78, 5) is 0. The van der Waals surface area contributed by atoms with E-state index in [4.69, 9.17) is 12.2 Å². The summed E-state index contributed by atoms with van der Waals surface area (Å²) in [6, 6.07) is 7.82. The lowest BCUT2D eigenvalue weighted by Gasteiger charge is -2.07. The molecule has 0 unspecified atom stereocenters. The Morgan fingerprint density at radius 1 is 1.38 bits per heavy atom. The topological polar surface area (TPSA) is 29.9 Å². The third-order valence-corrected chi connectivity index (χ3v) is 2.83. The van der Waals surface area contributed by atoms with Gasteiger partial charge in [0.25, 0.3) is 0 Å². The summed E-state index contributed by atoms with van der Waals surface area (Å²) in [5, 5.41) is 7.81. The molecule has 1 heterocycles. The predicted octanol–water partition coefficient (Wildman–Crippen LogP) is 3.20. The second-order valence-corrected chi connectivity index (χ2v) is 4.70. The van der Waals surface area contributed by atoms with Gasteiger partial charge in [-0.15, -0.1) is 0 Å². The first-order valence-electron chi connectivity index (χ1n) is 4.73. The normalized spacial score (nSPS) is 10.1. The van der Waals surface area contributed by atoms with E-state index in [1.165, 1.54) is 0 Å². The van der Waals surface area contributed by atoms with Crippen LogP contribution in [0.25, 0.3) is 0 Å². The third kappa shape index (κ3) is 2.68. The molecule has 0 aliphatic carbocycles. The summed E-state index contributed by atoms with van der Waals surface area (Å²) in [6.45, 7) is 1.98. The van der Waals surface area contributed by atoms with E-state index in [0.717, 1.165) is 15.7 Å². The monoisotopic (exact) mass is 295 g/mol. The highest BCUT2D eigenvalue weighted by Crippen LogP contribution is 2.14. The van der Waals surface area contributed by atoms with Crippen molar-refractivity contribution in [3.05, 3.63) is 46.7 Å². The Kier molecular flexibility index (Phi) is 3.36. The standard InChI is InChI=1S/C11H10BrN3S/c1-8-6-13-15(7-8)11(16)14-10-4-2-9(12)3-5-10/h2-7H,1H3,(H,14,16). The number of nitrogens with one attached hydrogen (secondary N) is 1. The second kappa shape index (κ2) is 4.76. The van der Waals surface area contributed by atoms with E-state index in [1.807, 2.05) is 37.4 Å². The zero-order valence-electron chi connectivity index (χ0n) is 8.64. The lowest BCUT2D eigenvalue weighted by atomic mass is 10.3. The fraction of sp³-hybridized carbons (Fsp3) is 0.0909. The van der Waals surface area contributed by atoms with Crippen LogP contribution in [0.4, 0.5) is 5.69 Å². The minimum absolute atomic E-state index is 0.565. The maximum absolute atomic E-state index is 5.23. The SMILES string of the molecule is Cc1cnn(C(=S)Nc2ccc(Br)cc2)c1. The predicted molar refractivity (Wildman–Crippen MR) is 72.7 cm³/mol. The first kappa shape index (κ1) is 11.3. The van der Waals surface area contributed by atoms with Crippen LogP contribution in [0.5, 0.6) is 0 Å². The molecule has 0 amide bonds. The molecular weight excluding hydrogens is 286 g/mol. The van der Waals surface area contributed by atoms with E-state index < -0.39 is 0 Å². The number of thiocarbonyl (C=S) groups is 1. The van der Waals surface area contributed by atoms with E-state index in [2.05, 4.69) is 26.3 Å². The number of hydrogen-bond donors (Lipinski definition) is 1. The van der Waals surface area contributed by atoms with Gasteiger partial charge in [0.15, 0.2) is 5.11 Å². The molecule has 0 bridgehead atoms. The molecule has 1 aromatic heterocycles. The van der Waals surface area contributed by atoms with E-state index in [1.54, 1.807) is 10.9 Å². The maximum Gasteiger partial charge on any atom is 0.198 e. The van der Waals surface area contributed by atoms with Crippen LogP contribution in [0.15, 0.2) is 41.1 Å². The van der Waals surface area contributed by atoms with Crippen LogP contribution in [0.2, 0.25) is 0 Å². The van der Waals surface area contributed by atoms with Gasteiger partial charge in [-0.3, -0.25) is 0 Å². The number of rotatable bonds is 1. The van der Waals surface area contributed by atoms with Crippen LogP contribution >= 0.6 is 28.1 Å². The molecule has 82 valence electrons. The van der Waals surface area contributed by atoms with Gasteiger partial charge in [-0.1, -0.05) is 15.9 Å². The molecule has 0 aliphatic rings. The van der Waals surface area contributed by atoms with Crippen molar-refractivity contribution in [3.63, 3.8) is 0 Å². The quantitative estimate of drug-likeness (QED) is 0.820. The molecular formula is C11H10BrN3S. The molecule has 1 N–H and O–H groups in total. The van der Waals surface area contributed by atoms with E-state index in [9.17, 15) is 0 Å². The van der Waals surface area contributed by atoms with Gasteiger partial charge >= 0.3 is 0 Å². The first-order chi connectivity index (χ1) is 7.65. The Balaban J connectivity index is 2.10. The zero-order chi connectivity index (χ0) is 11.5. The minimum Gasteiger partial charge on any atom is -0.331 e. The highest BCUT2D eigenvalue weighted by molar-refractivity contribution is 9.10. The summed E-state index contributed by atoms with van der Waals surface area (Å²) in [6.07, 6.45) is 3.66.